The van der Waals surface area contributed by atoms with Crippen LogP contribution in [-0.4, -0.2) is 35.0 Å². The van der Waals surface area contributed by atoms with Crippen LogP contribution in [0.1, 0.15) is 25.7 Å². The second-order valence-corrected chi connectivity index (χ2v) is 4.49. The molecule has 0 saturated heterocycles. The molecule has 1 N–H and O–H groups in total. The Morgan fingerprint density at radius 2 is 1.76 bits per heavy atom. The Bertz CT molecular complexity index is 322. The molecule has 0 unspecified atom stereocenters. The van der Waals surface area contributed by atoms with Gasteiger partial charge in [0.25, 0.3) is 0 Å². The van der Waals surface area contributed by atoms with Gasteiger partial charge >= 0.3 is 5.97 Å². The summed E-state index contributed by atoms with van der Waals surface area (Å²) in [7, 11) is 0. The van der Waals surface area contributed by atoms with Crippen LogP contribution in [0.5, 0.6) is 0 Å². The average Bonchev–Trinajstić information content (AvgIpc) is 2.22. The van der Waals surface area contributed by atoms with Crippen molar-refractivity contribution in [2.45, 2.75) is 25.7 Å². The molecule has 1 rings (SSSR count). The second-order valence-electron chi connectivity index (χ2n) is 4.49. The molecule has 0 spiro atoms. The highest BCUT2D eigenvalue weighted by Crippen LogP contribution is 2.44. The first-order valence-corrected chi connectivity index (χ1v) is 5.79. The highest BCUT2D eigenvalue weighted by molar-refractivity contribution is 5.85. The Balaban J connectivity index is 2.65. The summed E-state index contributed by atoms with van der Waals surface area (Å²) in [6.07, 6.45) is 5.45. The number of aliphatic carboxylic acids is 1. The molecule has 94 valence electrons. The Kier molecular flexibility index (Phi) is 4.49. The highest BCUT2D eigenvalue weighted by atomic mass is 16.4. The van der Waals surface area contributed by atoms with Crippen LogP contribution in [0.15, 0.2) is 25.3 Å². The van der Waals surface area contributed by atoms with Crippen molar-refractivity contribution in [3.05, 3.63) is 25.3 Å². The predicted octanol–water partition coefficient (Wildman–Crippen LogP) is 1.83. The van der Waals surface area contributed by atoms with E-state index in [1.54, 1.807) is 17.1 Å². The van der Waals surface area contributed by atoms with E-state index in [1.807, 2.05) is 0 Å². The minimum absolute atomic E-state index is 0.0873. The van der Waals surface area contributed by atoms with Gasteiger partial charge in [0.1, 0.15) is 0 Å². The lowest BCUT2D eigenvalue weighted by molar-refractivity contribution is -0.159. The van der Waals surface area contributed by atoms with E-state index in [9.17, 15) is 9.59 Å². The summed E-state index contributed by atoms with van der Waals surface area (Å²) in [4.78, 5) is 24.7. The molecular formula is C13H19NO3. The maximum absolute atomic E-state index is 12.0. The number of nitrogens with zero attached hydrogens (tertiary/aromatic N) is 1. The Labute approximate surface area is 102 Å². The van der Waals surface area contributed by atoms with Gasteiger partial charge in [0, 0.05) is 19.5 Å². The summed E-state index contributed by atoms with van der Waals surface area (Å²) in [6.45, 7) is 8.03. The largest absolute Gasteiger partial charge is 0.481 e. The fourth-order valence-electron chi connectivity index (χ4n) is 2.06. The third kappa shape index (κ3) is 2.96. The average molecular weight is 237 g/mol. The molecule has 0 radical (unpaired) electrons. The summed E-state index contributed by atoms with van der Waals surface area (Å²) in [6, 6.07) is 0. The lowest BCUT2D eigenvalue weighted by Gasteiger charge is -2.38. The first kappa shape index (κ1) is 13.5. The maximum Gasteiger partial charge on any atom is 0.310 e. The zero-order valence-electron chi connectivity index (χ0n) is 10.0. The molecule has 1 fully saturated rings. The molecule has 1 amide bonds. The van der Waals surface area contributed by atoms with Gasteiger partial charge in [-0.05, 0) is 12.8 Å². The quantitative estimate of drug-likeness (QED) is 0.687. The monoisotopic (exact) mass is 237 g/mol. The predicted molar refractivity (Wildman–Crippen MR) is 65.5 cm³/mol. The molecule has 0 atom stereocenters. The third-order valence-electron chi connectivity index (χ3n) is 3.31. The molecule has 0 heterocycles. The van der Waals surface area contributed by atoms with Gasteiger partial charge in [-0.1, -0.05) is 18.6 Å². The molecule has 0 bridgehead atoms. The Hall–Kier alpha value is -1.58. The van der Waals surface area contributed by atoms with Crippen LogP contribution in [0.3, 0.4) is 0 Å². The standard InChI is InChI=1S/C13H19NO3/c1-3-8-14(9-4-2)11(15)10-13(12(16)17)6-5-7-13/h3-4H,1-2,5-10H2,(H,16,17). The van der Waals surface area contributed by atoms with Crippen LogP contribution in [0.4, 0.5) is 0 Å². The number of carboxylic acids is 1. The number of hydrogen-bond acceptors (Lipinski definition) is 2. The molecule has 1 saturated carbocycles. The normalized spacial score (nSPS) is 16.7. The molecule has 1 aliphatic rings. The molecule has 0 aromatic rings. The molecule has 17 heavy (non-hydrogen) atoms. The number of carbonyl (C=O) groups excluding carboxylic acids is 1. The topological polar surface area (TPSA) is 57.6 Å². The van der Waals surface area contributed by atoms with Gasteiger partial charge in [-0.2, -0.15) is 0 Å². The van der Waals surface area contributed by atoms with E-state index in [4.69, 9.17) is 5.11 Å². The molecule has 4 nitrogen and oxygen atoms in total. The minimum Gasteiger partial charge on any atom is -0.481 e. The maximum atomic E-state index is 12.0. The third-order valence-corrected chi connectivity index (χ3v) is 3.31. The van der Waals surface area contributed by atoms with E-state index in [-0.39, 0.29) is 12.3 Å². The van der Waals surface area contributed by atoms with Gasteiger partial charge in [-0.25, -0.2) is 0 Å². The van der Waals surface area contributed by atoms with Crippen molar-refractivity contribution in [2.24, 2.45) is 5.41 Å². The number of amides is 1. The van der Waals surface area contributed by atoms with Gasteiger partial charge in [-0.3, -0.25) is 9.59 Å². The lowest BCUT2D eigenvalue weighted by atomic mass is 9.66. The minimum atomic E-state index is -0.853. The fraction of sp³-hybridized carbons (Fsp3) is 0.538. The fourth-order valence-corrected chi connectivity index (χ4v) is 2.06. The van der Waals surface area contributed by atoms with E-state index in [0.29, 0.717) is 25.9 Å². The molecule has 1 aliphatic carbocycles. The van der Waals surface area contributed by atoms with Crippen molar-refractivity contribution in [3.63, 3.8) is 0 Å². The molecule has 4 heteroatoms. The van der Waals surface area contributed by atoms with Crippen molar-refractivity contribution in [2.75, 3.05) is 13.1 Å². The summed E-state index contributed by atoms with van der Waals surface area (Å²) >= 11 is 0. The van der Waals surface area contributed by atoms with Gasteiger partial charge in [0.15, 0.2) is 0 Å². The number of carboxylic acid groups (broad SMARTS) is 1. The first-order valence-electron chi connectivity index (χ1n) is 5.79. The van der Waals surface area contributed by atoms with Gasteiger partial charge in [0.05, 0.1) is 5.41 Å². The van der Waals surface area contributed by atoms with Gasteiger partial charge < -0.3 is 10.0 Å². The second kappa shape index (κ2) is 5.66. The zero-order valence-corrected chi connectivity index (χ0v) is 10.0. The number of rotatable bonds is 7. The van der Waals surface area contributed by atoms with E-state index in [1.165, 1.54) is 0 Å². The van der Waals surface area contributed by atoms with Crippen LogP contribution >= 0.6 is 0 Å². The lowest BCUT2D eigenvalue weighted by Crippen LogP contribution is -2.44. The van der Waals surface area contributed by atoms with Crippen LogP contribution in [-0.2, 0) is 9.59 Å². The molecule has 0 aromatic heterocycles. The Morgan fingerprint density at radius 1 is 1.24 bits per heavy atom. The van der Waals surface area contributed by atoms with Crippen molar-refractivity contribution >= 4 is 11.9 Å². The number of hydrogen-bond donors (Lipinski definition) is 1. The van der Waals surface area contributed by atoms with Crippen molar-refractivity contribution in [3.8, 4) is 0 Å². The SMILES string of the molecule is C=CCN(CC=C)C(=O)CC1(C(=O)O)CCC1. The number of carbonyl (C=O) groups is 2. The van der Waals surface area contributed by atoms with Crippen LogP contribution in [0.25, 0.3) is 0 Å². The van der Waals surface area contributed by atoms with Gasteiger partial charge in [0.2, 0.25) is 5.91 Å². The highest BCUT2D eigenvalue weighted by Gasteiger charge is 2.46. The van der Waals surface area contributed by atoms with E-state index >= 15 is 0 Å². The van der Waals surface area contributed by atoms with Crippen LogP contribution in [0, 0.1) is 5.41 Å². The van der Waals surface area contributed by atoms with E-state index in [0.717, 1.165) is 6.42 Å². The summed E-state index contributed by atoms with van der Waals surface area (Å²) in [5, 5.41) is 9.16. The van der Waals surface area contributed by atoms with E-state index < -0.39 is 11.4 Å². The smallest absolute Gasteiger partial charge is 0.310 e. The summed E-state index contributed by atoms with van der Waals surface area (Å²) in [5.74, 6) is -0.985. The van der Waals surface area contributed by atoms with E-state index in [2.05, 4.69) is 13.2 Å². The van der Waals surface area contributed by atoms with Crippen LogP contribution < -0.4 is 0 Å². The van der Waals surface area contributed by atoms with Crippen molar-refractivity contribution < 1.29 is 14.7 Å². The van der Waals surface area contributed by atoms with Gasteiger partial charge in [-0.15, -0.1) is 13.2 Å². The molecule has 0 aliphatic heterocycles. The first-order chi connectivity index (χ1) is 8.05. The molecular weight excluding hydrogens is 218 g/mol. The van der Waals surface area contributed by atoms with Crippen molar-refractivity contribution in [1.29, 1.82) is 0 Å². The molecule has 0 aromatic carbocycles. The van der Waals surface area contributed by atoms with Crippen LogP contribution in [0.2, 0.25) is 0 Å². The summed E-state index contributed by atoms with van der Waals surface area (Å²) < 4.78 is 0. The van der Waals surface area contributed by atoms with Crippen molar-refractivity contribution in [1.82, 2.24) is 4.90 Å². The Morgan fingerprint density at radius 3 is 2.06 bits per heavy atom. The zero-order chi connectivity index (χ0) is 12.9. The summed E-state index contributed by atoms with van der Waals surface area (Å²) in [5.41, 5.74) is -0.822.